The molecule has 1 aliphatic carbocycles. The fourth-order valence-corrected chi connectivity index (χ4v) is 4.82. The molecule has 3 aliphatic rings. The number of guanidine groups is 1. The number of hydrogen-bond donors (Lipinski definition) is 1. The minimum Gasteiger partial charge on any atom is -0.335 e. The molecule has 1 N–H and O–H groups in total. The fraction of sp³-hybridized carbons (Fsp3) is 0.348. The molecular weight excluding hydrogens is 374 g/mol. The molecule has 30 heavy (non-hydrogen) atoms. The summed E-state index contributed by atoms with van der Waals surface area (Å²) in [6, 6.07) is 12.5. The van der Waals surface area contributed by atoms with Gasteiger partial charge in [0.2, 0.25) is 11.9 Å². The zero-order valence-electron chi connectivity index (χ0n) is 16.9. The molecule has 2 aromatic heterocycles. The van der Waals surface area contributed by atoms with Gasteiger partial charge in [0.1, 0.15) is 6.17 Å². The van der Waals surface area contributed by atoms with E-state index in [0.717, 1.165) is 43.5 Å². The molecule has 1 aromatic carbocycles. The second-order valence-corrected chi connectivity index (χ2v) is 8.29. The number of aliphatic imine (C=N–C) groups is 1. The van der Waals surface area contributed by atoms with Crippen molar-refractivity contribution in [2.75, 3.05) is 18.2 Å². The van der Waals surface area contributed by atoms with Gasteiger partial charge in [-0.1, -0.05) is 30.4 Å². The molecule has 6 rings (SSSR count). The smallest absolute Gasteiger partial charge is 0.216 e. The van der Waals surface area contributed by atoms with Gasteiger partial charge in [-0.05, 0) is 43.0 Å². The summed E-state index contributed by atoms with van der Waals surface area (Å²) in [6.07, 6.45) is 11.9. The number of anilines is 1. The van der Waals surface area contributed by atoms with Gasteiger partial charge in [0.25, 0.3) is 0 Å². The molecule has 0 saturated heterocycles. The maximum atomic E-state index is 5.04. The Morgan fingerprint density at radius 2 is 2.07 bits per heavy atom. The topological polar surface area (TPSA) is 61.6 Å². The third-order valence-corrected chi connectivity index (χ3v) is 6.28. The van der Waals surface area contributed by atoms with E-state index in [4.69, 9.17) is 9.98 Å². The number of rotatable bonds is 3. The highest BCUT2D eigenvalue weighted by Crippen LogP contribution is 2.37. The first kappa shape index (κ1) is 17.7. The first-order valence-electron chi connectivity index (χ1n) is 10.7. The van der Waals surface area contributed by atoms with Crippen LogP contribution in [0.5, 0.6) is 0 Å². The summed E-state index contributed by atoms with van der Waals surface area (Å²) in [5.41, 5.74) is 3.42. The van der Waals surface area contributed by atoms with Gasteiger partial charge in [-0.2, -0.15) is 0 Å². The van der Waals surface area contributed by atoms with Gasteiger partial charge in [0, 0.05) is 24.9 Å². The molecule has 0 radical (unpaired) electrons. The van der Waals surface area contributed by atoms with E-state index in [1.807, 2.05) is 18.5 Å². The van der Waals surface area contributed by atoms with Crippen molar-refractivity contribution in [2.45, 2.75) is 32.0 Å². The minimum absolute atomic E-state index is 0.178. The van der Waals surface area contributed by atoms with E-state index in [9.17, 15) is 0 Å². The highest BCUT2D eigenvalue weighted by atomic mass is 15.5. The molecular formula is C23H25N7. The number of aromatic nitrogens is 3. The van der Waals surface area contributed by atoms with E-state index in [1.165, 1.54) is 17.5 Å². The van der Waals surface area contributed by atoms with Crippen molar-refractivity contribution in [3.63, 3.8) is 0 Å². The lowest BCUT2D eigenvalue weighted by Gasteiger charge is -2.44. The van der Waals surface area contributed by atoms with Crippen LogP contribution in [0.4, 0.5) is 5.95 Å². The van der Waals surface area contributed by atoms with E-state index < -0.39 is 0 Å². The van der Waals surface area contributed by atoms with Gasteiger partial charge in [0.15, 0.2) is 0 Å². The van der Waals surface area contributed by atoms with Crippen molar-refractivity contribution in [1.82, 2.24) is 24.8 Å². The summed E-state index contributed by atoms with van der Waals surface area (Å²) in [6.45, 7) is 2.24. The van der Waals surface area contributed by atoms with Crippen LogP contribution in [-0.2, 0) is 6.54 Å². The molecule has 0 unspecified atom stereocenters. The second kappa shape index (κ2) is 7.25. The van der Waals surface area contributed by atoms with E-state index in [0.29, 0.717) is 12.6 Å². The van der Waals surface area contributed by atoms with Crippen LogP contribution in [-0.4, -0.2) is 38.7 Å². The van der Waals surface area contributed by atoms with Crippen molar-refractivity contribution < 1.29 is 0 Å². The Kier molecular flexibility index (Phi) is 4.27. The van der Waals surface area contributed by atoms with Gasteiger partial charge in [-0.15, -0.1) is 0 Å². The number of nitrogens with one attached hydrogen (secondary N) is 1. The van der Waals surface area contributed by atoms with Gasteiger partial charge >= 0.3 is 0 Å². The third kappa shape index (κ3) is 2.97. The molecule has 0 spiro atoms. The van der Waals surface area contributed by atoms with Crippen LogP contribution in [0.3, 0.4) is 0 Å². The lowest BCUT2D eigenvalue weighted by Crippen LogP contribution is -2.58. The molecule has 0 bridgehead atoms. The van der Waals surface area contributed by atoms with Crippen LogP contribution >= 0.6 is 0 Å². The van der Waals surface area contributed by atoms with Gasteiger partial charge in [0.05, 0.1) is 24.4 Å². The summed E-state index contributed by atoms with van der Waals surface area (Å²) in [4.78, 5) is 18.7. The largest absolute Gasteiger partial charge is 0.335 e. The Hall–Kier alpha value is -3.19. The number of fused-ring (bicyclic) bond motifs is 5. The molecule has 0 saturated carbocycles. The lowest BCUT2D eigenvalue weighted by molar-refractivity contribution is 0.242. The van der Waals surface area contributed by atoms with Gasteiger partial charge in [-0.25, -0.2) is 9.98 Å². The zero-order valence-corrected chi connectivity index (χ0v) is 16.9. The van der Waals surface area contributed by atoms with Crippen LogP contribution < -0.4 is 10.2 Å². The van der Waals surface area contributed by atoms with Crippen LogP contribution in [0.15, 0.2) is 65.9 Å². The van der Waals surface area contributed by atoms with E-state index in [1.54, 1.807) is 0 Å². The molecule has 0 fully saturated rings. The summed E-state index contributed by atoms with van der Waals surface area (Å²) in [5, 5.41) is 3.77. The van der Waals surface area contributed by atoms with Crippen molar-refractivity contribution in [2.24, 2.45) is 10.9 Å². The lowest BCUT2D eigenvalue weighted by atomic mass is 9.91. The molecule has 2 atom stereocenters. The van der Waals surface area contributed by atoms with Crippen LogP contribution in [0.2, 0.25) is 0 Å². The SMILES string of the molecule is C1=CC[C@@H]([C@H]2NC3=NCN(Cc4cccnc4)CN3c3nc4ccccc4n32)CC1. The summed E-state index contributed by atoms with van der Waals surface area (Å²) in [7, 11) is 0. The third-order valence-electron chi connectivity index (χ3n) is 6.28. The van der Waals surface area contributed by atoms with Crippen molar-refractivity contribution in [3.05, 3.63) is 66.5 Å². The van der Waals surface area contributed by atoms with Crippen LogP contribution in [0.1, 0.15) is 31.0 Å². The number of para-hydroxylation sites is 2. The summed E-state index contributed by atoms with van der Waals surface area (Å²) < 4.78 is 2.39. The Morgan fingerprint density at radius 1 is 1.10 bits per heavy atom. The maximum absolute atomic E-state index is 5.04. The zero-order chi connectivity index (χ0) is 19.9. The van der Waals surface area contributed by atoms with E-state index in [2.05, 4.69) is 67.2 Å². The number of pyridine rings is 1. The number of allylic oxidation sites excluding steroid dienone is 2. The Labute approximate surface area is 175 Å². The quantitative estimate of drug-likeness (QED) is 0.683. The predicted molar refractivity (Wildman–Crippen MR) is 118 cm³/mol. The predicted octanol–water partition coefficient (Wildman–Crippen LogP) is 3.48. The summed E-state index contributed by atoms with van der Waals surface area (Å²) >= 11 is 0. The highest BCUT2D eigenvalue weighted by Gasteiger charge is 2.38. The molecule has 0 amide bonds. The average Bonchev–Trinajstić information content (AvgIpc) is 3.20. The fourth-order valence-electron chi connectivity index (χ4n) is 4.82. The molecule has 7 nitrogen and oxygen atoms in total. The number of hydrogen-bond acceptors (Lipinski definition) is 6. The van der Waals surface area contributed by atoms with Crippen molar-refractivity contribution in [1.29, 1.82) is 0 Å². The molecule has 152 valence electrons. The average molecular weight is 400 g/mol. The number of benzene rings is 1. The maximum Gasteiger partial charge on any atom is 0.216 e. The number of imidazole rings is 1. The van der Waals surface area contributed by atoms with Gasteiger partial charge in [-0.3, -0.25) is 19.4 Å². The van der Waals surface area contributed by atoms with Gasteiger partial charge < -0.3 is 5.32 Å². The first-order chi connectivity index (χ1) is 14.9. The first-order valence-corrected chi connectivity index (χ1v) is 10.7. The highest BCUT2D eigenvalue weighted by molar-refractivity contribution is 5.98. The Morgan fingerprint density at radius 3 is 2.93 bits per heavy atom. The van der Waals surface area contributed by atoms with Crippen molar-refractivity contribution >= 4 is 22.9 Å². The molecule has 3 aromatic rings. The monoisotopic (exact) mass is 399 g/mol. The van der Waals surface area contributed by atoms with E-state index in [-0.39, 0.29) is 6.17 Å². The second-order valence-electron chi connectivity index (χ2n) is 8.29. The molecule has 4 heterocycles. The van der Waals surface area contributed by atoms with E-state index >= 15 is 0 Å². The number of nitrogens with zero attached hydrogens (tertiary/aromatic N) is 6. The normalized spacial score (nSPS) is 23.6. The standard InChI is InChI=1S/C23H25N7/c1-2-8-18(9-3-1)21-27-22-25-15-28(14-17-7-6-12-24-13-17)16-29(22)23-26-19-10-4-5-11-20(19)30(21)23/h1-2,4-7,10-13,18,21H,3,8-9,14-16H2,(H,25,27)/t18-,21+/m1/s1. The molecule has 7 heteroatoms. The minimum atomic E-state index is 0.178. The van der Waals surface area contributed by atoms with Crippen molar-refractivity contribution in [3.8, 4) is 0 Å². The Bertz CT molecular complexity index is 1120. The van der Waals surface area contributed by atoms with Crippen LogP contribution in [0.25, 0.3) is 11.0 Å². The van der Waals surface area contributed by atoms with Crippen LogP contribution in [0, 0.1) is 5.92 Å². The Balaban J connectivity index is 1.38. The molecule has 2 aliphatic heterocycles. The summed E-state index contributed by atoms with van der Waals surface area (Å²) in [5.74, 6) is 2.47.